The summed E-state index contributed by atoms with van der Waals surface area (Å²) in [6.45, 7) is 0. The van der Waals surface area contributed by atoms with Crippen molar-refractivity contribution in [1.29, 1.82) is 0 Å². The Bertz CT molecular complexity index is 470. The highest BCUT2D eigenvalue weighted by Crippen LogP contribution is 2.14. The van der Waals surface area contributed by atoms with Crippen LogP contribution in [0, 0.1) is 0 Å². The van der Waals surface area contributed by atoms with Crippen LogP contribution in [-0.4, -0.2) is 0 Å². The molecular formula is C14H12BrP. The van der Waals surface area contributed by atoms with Crippen LogP contribution in [0.5, 0.6) is 0 Å². The van der Waals surface area contributed by atoms with Crippen molar-refractivity contribution in [3.8, 4) is 0 Å². The minimum atomic E-state index is 1.11. The van der Waals surface area contributed by atoms with E-state index in [0.717, 1.165) is 4.47 Å². The molecule has 0 aliphatic carbocycles. The molecule has 80 valence electrons. The Kier molecular flexibility index (Phi) is 3.93. The molecule has 0 fully saturated rings. The van der Waals surface area contributed by atoms with Gasteiger partial charge in [-0.2, -0.15) is 0 Å². The Labute approximate surface area is 107 Å². The first-order chi connectivity index (χ1) is 7.74. The van der Waals surface area contributed by atoms with E-state index in [9.17, 15) is 0 Å². The van der Waals surface area contributed by atoms with Crippen molar-refractivity contribution in [3.63, 3.8) is 0 Å². The number of hydrogen-bond donors (Lipinski definition) is 0. The van der Waals surface area contributed by atoms with Gasteiger partial charge in [-0.1, -0.05) is 58.4 Å². The quantitative estimate of drug-likeness (QED) is 0.577. The van der Waals surface area contributed by atoms with E-state index in [1.54, 1.807) is 0 Å². The fourth-order valence-electron chi connectivity index (χ4n) is 1.47. The predicted molar refractivity (Wildman–Crippen MR) is 78.9 cm³/mol. The van der Waals surface area contributed by atoms with E-state index in [1.807, 2.05) is 12.1 Å². The van der Waals surface area contributed by atoms with Crippen LogP contribution in [0.1, 0.15) is 11.1 Å². The van der Waals surface area contributed by atoms with Gasteiger partial charge in [-0.15, -0.1) is 9.24 Å². The van der Waals surface area contributed by atoms with Gasteiger partial charge in [-0.25, -0.2) is 0 Å². The summed E-state index contributed by atoms with van der Waals surface area (Å²) in [5.41, 5.74) is 2.41. The lowest BCUT2D eigenvalue weighted by Gasteiger charge is -1.97. The van der Waals surface area contributed by atoms with Crippen molar-refractivity contribution in [2.45, 2.75) is 0 Å². The lowest BCUT2D eigenvalue weighted by molar-refractivity contribution is 1.61. The molecule has 0 saturated carbocycles. The zero-order valence-corrected chi connectivity index (χ0v) is 11.5. The molecular weight excluding hydrogens is 279 g/mol. The van der Waals surface area contributed by atoms with Gasteiger partial charge in [-0.3, -0.25) is 0 Å². The maximum absolute atomic E-state index is 3.46. The SMILES string of the molecule is Pc1cccc(/C=C/c2cccc(Br)c2)c1. The molecule has 0 bridgehead atoms. The molecule has 2 heteroatoms. The topological polar surface area (TPSA) is 0 Å². The standard InChI is InChI=1S/C14H12BrP/c15-13-5-1-3-11(9-13)7-8-12-4-2-6-14(16)10-12/h1-10H,16H2/b8-7+. The van der Waals surface area contributed by atoms with Crippen LogP contribution in [0.15, 0.2) is 53.0 Å². The lowest BCUT2D eigenvalue weighted by atomic mass is 10.1. The van der Waals surface area contributed by atoms with Crippen molar-refractivity contribution in [2.24, 2.45) is 0 Å². The first-order valence-corrected chi connectivity index (χ1v) is 6.40. The average molecular weight is 291 g/mol. The van der Waals surface area contributed by atoms with Crippen LogP contribution in [0.25, 0.3) is 12.2 Å². The third kappa shape index (κ3) is 3.30. The van der Waals surface area contributed by atoms with E-state index in [0.29, 0.717) is 0 Å². The molecule has 1 unspecified atom stereocenters. The van der Waals surface area contributed by atoms with Crippen LogP contribution in [-0.2, 0) is 0 Å². The Hall–Kier alpha value is -0.910. The van der Waals surface area contributed by atoms with Gasteiger partial charge in [0.25, 0.3) is 0 Å². The minimum Gasteiger partial charge on any atom is -0.106 e. The van der Waals surface area contributed by atoms with E-state index in [1.165, 1.54) is 16.4 Å². The molecule has 2 aromatic carbocycles. The fourth-order valence-corrected chi connectivity index (χ4v) is 2.19. The first-order valence-electron chi connectivity index (χ1n) is 5.03. The number of hydrogen-bond acceptors (Lipinski definition) is 0. The van der Waals surface area contributed by atoms with E-state index in [4.69, 9.17) is 0 Å². The highest BCUT2D eigenvalue weighted by atomic mass is 79.9. The Morgan fingerprint density at radius 1 is 0.875 bits per heavy atom. The third-order valence-corrected chi connectivity index (χ3v) is 3.08. The van der Waals surface area contributed by atoms with Gasteiger partial charge >= 0.3 is 0 Å². The molecule has 0 aromatic heterocycles. The maximum atomic E-state index is 3.46. The number of benzene rings is 2. The summed E-state index contributed by atoms with van der Waals surface area (Å²) >= 11 is 3.46. The van der Waals surface area contributed by atoms with Crippen LogP contribution in [0.4, 0.5) is 0 Å². The summed E-state index contributed by atoms with van der Waals surface area (Å²) in [7, 11) is 2.71. The van der Waals surface area contributed by atoms with Crippen molar-refractivity contribution >= 4 is 42.6 Å². The number of rotatable bonds is 2. The van der Waals surface area contributed by atoms with Gasteiger partial charge in [-0.05, 0) is 34.6 Å². The van der Waals surface area contributed by atoms with Crippen molar-refractivity contribution < 1.29 is 0 Å². The first kappa shape index (κ1) is 11.6. The molecule has 0 spiro atoms. The fraction of sp³-hybridized carbons (Fsp3) is 0. The summed E-state index contributed by atoms with van der Waals surface area (Å²) in [5, 5.41) is 1.20. The molecule has 0 saturated heterocycles. The van der Waals surface area contributed by atoms with Crippen LogP contribution < -0.4 is 5.30 Å². The van der Waals surface area contributed by atoms with Gasteiger partial charge < -0.3 is 0 Å². The predicted octanol–water partition coefficient (Wildman–Crippen LogP) is 4.12. The molecule has 0 radical (unpaired) electrons. The molecule has 0 N–H and O–H groups in total. The minimum absolute atomic E-state index is 1.11. The highest BCUT2D eigenvalue weighted by molar-refractivity contribution is 9.10. The van der Waals surface area contributed by atoms with Crippen molar-refractivity contribution in [1.82, 2.24) is 0 Å². The van der Waals surface area contributed by atoms with E-state index in [2.05, 4.69) is 73.7 Å². The van der Waals surface area contributed by atoms with Gasteiger partial charge in [0.1, 0.15) is 0 Å². The molecule has 1 atom stereocenters. The zero-order chi connectivity index (χ0) is 11.4. The molecule has 0 heterocycles. The Morgan fingerprint density at radius 3 is 2.12 bits per heavy atom. The summed E-state index contributed by atoms with van der Waals surface area (Å²) in [5.74, 6) is 0. The summed E-state index contributed by atoms with van der Waals surface area (Å²) in [6.07, 6.45) is 4.24. The second-order valence-electron chi connectivity index (χ2n) is 3.56. The normalized spacial score (nSPS) is 10.9. The zero-order valence-electron chi connectivity index (χ0n) is 8.73. The molecule has 16 heavy (non-hydrogen) atoms. The molecule has 0 amide bonds. The van der Waals surface area contributed by atoms with Gasteiger partial charge in [0.05, 0.1) is 0 Å². The largest absolute Gasteiger partial charge is 0.106 e. The Morgan fingerprint density at radius 2 is 1.50 bits per heavy atom. The number of halogens is 1. The smallest absolute Gasteiger partial charge is 0.0181 e. The summed E-state index contributed by atoms with van der Waals surface area (Å²) < 4.78 is 1.11. The Balaban J connectivity index is 2.21. The summed E-state index contributed by atoms with van der Waals surface area (Å²) in [6, 6.07) is 16.6. The van der Waals surface area contributed by atoms with E-state index < -0.39 is 0 Å². The van der Waals surface area contributed by atoms with Crippen LogP contribution >= 0.6 is 25.2 Å². The highest BCUT2D eigenvalue weighted by Gasteiger charge is 1.90. The van der Waals surface area contributed by atoms with Gasteiger partial charge in [0.2, 0.25) is 0 Å². The molecule has 0 nitrogen and oxygen atoms in total. The van der Waals surface area contributed by atoms with Crippen LogP contribution in [0.3, 0.4) is 0 Å². The van der Waals surface area contributed by atoms with Gasteiger partial charge in [0, 0.05) is 4.47 Å². The summed E-state index contributed by atoms with van der Waals surface area (Å²) in [4.78, 5) is 0. The molecule has 0 aliphatic rings. The van der Waals surface area contributed by atoms with Gasteiger partial charge in [0.15, 0.2) is 0 Å². The molecule has 2 aromatic rings. The van der Waals surface area contributed by atoms with Crippen LogP contribution in [0.2, 0.25) is 0 Å². The van der Waals surface area contributed by atoms with E-state index in [-0.39, 0.29) is 0 Å². The third-order valence-electron chi connectivity index (χ3n) is 2.23. The molecule has 2 rings (SSSR count). The lowest BCUT2D eigenvalue weighted by Crippen LogP contribution is -1.88. The molecule has 0 aliphatic heterocycles. The second-order valence-corrected chi connectivity index (χ2v) is 5.14. The van der Waals surface area contributed by atoms with Crippen molar-refractivity contribution in [2.75, 3.05) is 0 Å². The average Bonchev–Trinajstić information content (AvgIpc) is 2.27. The van der Waals surface area contributed by atoms with Crippen molar-refractivity contribution in [3.05, 3.63) is 64.1 Å². The van der Waals surface area contributed by atoms with E-state index >= 15 is 0 Å². The second kappa shape index (κ2) is 5.43. The maximum Gasteiger partial charge on any atom is 0.0181 e. The monoisotopic (exact) mass is 290 g/mol.